The molecule has 2 aromatic carbocycles. The van der Waals surface area contributed by atoms with Crippen LogP contribution >= 0.6 is 0 Å². The SMILES string of the molecule is COc1ccc2ncc(C)c([C@H](O)CCC3(CC(=O)O)CCN(CCCc4c(F)cc(F)cc4F)CC3)c2c1. The molecule has 1 aliphatic heterocycles. The summed E-state index contributed by atoms with van der Waals surface area (Å²) in [6.07, 6.45) is 3.89. The van der Waals surface area contributed by atoms with Gasteiger partial charge in [0.15, 0.2) is 0 Å². The molecule has 1 aliphatic rings. The molecule has 6 nitrogen and oxygen atoms in total. The number of hydrogen-bond donors (Lipinski definition) is 2. The summed E-state index contributed by atoms with van der Waals surface area (Å²) in [5.74, 6) is -2.88. The minimum Gasteiger partial charge on any atom is -0.497 e. The Balaban J connectivity index is 1.39. The van der Waals surface area contributed by atoms with Crippen molar-refractivity contribution in [1.29, 1.82) is 0 Å². The Morgan fingerprint density at radius 3 is 2.49 bits per heavy atom. The third-order valence-corrected chi connectivity index (χ3v) is 8.05. The molecule has 4 rings (SSSR count). The predicted molar refractivity (Wildman–Crippen MR) is 142 cm³/mol. The highest BCUT2D eigenvalue weighted by Gasteiger charge is 2.37. The third kappa shape index (κ3) is 6.89. The number of aliphatic carboxylic acids is 1. The number of carbonyl (C=O) groups is 1. The van der Waals surface area contributed by atoms with Crippen LogP contribution in [0.15, 0.2) is 36.5 Å². The number of halogens is 3. The fraction of sp³-hybridized carbons (Fsp3) is 0.467. The Morgan fingerprint density at radius 1 is 1.15 bits per heavy atom. The van der Waals surface area contributed by atoms with Gasteiger partial charge in [0.25, 0.3) is 0 Å². The number of hydrogen-bond acceptors (Lipinski definition) is 5. The van der Waals surface area contributed by atoms with Crippen molar-refractivity contribution in [3.8, 4) is 5.75 Å². The second-order valence-corrected chi connectivity index (χ2v) is 10.7. The Labute approximate surface area is 226 Å². The number of methoxy groups -OCH3 is 1. The average Bonchev–Trinajstić information content (AvgIpc) is 2.89. The van der Waals surface area contributed by atoms with Crippen molar-refractivity contribution < 1.29 is 32.9 Å². The van der Waals surface area contributed by atoms with E-state index in [1.165, 1.54) is 0 Å². The molecule has 210 valence electrons. The van der Waals surface area contributed by atoms with Gasteiger partial charge in [-0.15, -0.1) is 0 Å². The molecule has 0 spiro atoms. The van der Waals surface area contributed by atoms with Gasteiger partial charge in [0.05, 0.1) is 25.2 Å². The lowest BCUT2D eigenvalue weighted by molar-refractivity contribution is -0.141. The first-order valence-corrected chi connectivity index (χ1v) is 13.3. The summed E-state index contributed by atoms with van der Waals surface area (Å²) in [7, 11) is 1.59. The third-order valence-electron chi connectivity index (χ3n) is 8.05. The van der Waals surface area contributed by atoms with E-state index in [4.69, 9.17) is 4.74 Å². The lowest BCUT2D eigenvalue weighted by Crippen LogP contribution is -2.41. The number of fused-ring (bicyclic) bond motifs is 1. The Kier molecular flexibility index (Phi) is 9.12. The minimum atomic E-state index is -0.934. The first-order valence-electron chi connectivity index (χ1n) is 13.3. The topological polar surface area (TPSA) is 82.9 Å². The highest BCUT2D eigenvalue weighted by atomic mass is 19.1. The number of carboxylic acids is 1. The van der Waals surface area contributed by atoms with Gasteiger partial charge in [0.2, 0.25) is 0 Å². The van der Waals surface area contributed by atoms with E-state index in [1.807, 2.05) is 25.1 Å². The molecule has 9 heteroatoms. The van der Waals surface area contributed by atoms with Crippen LogP contribution in [0.4, 0.5) is 13.2 Å². The smallest absolute Gasteiger partial charge is 0.303 e. The van der Waals surface area contributed by atoms with Crippen LogP contribution in [-0.4, -0.2) is 52.8 Å². The quantitative estimate of drug-likeness (QED) is 0.309. The molecule has 0 amide bonds. The molecule has 0 saturated carbocycles. The maximum absolute atomic E-state index is 13.9. The maximum atomic E-state index is 13.9. The number of rotatable bonds is 11. The molecule has 3 aromatic rings. The second-order valence-electron chi connectivity index (χ2n) is 10.7. The molecule has 1 fully saturated rings. The van der Waals surface area contributed by atoms with Crippen LogP contribution < -0.4 is 4.74 Å². The van der Waals surface area contributed by atoms with Gasteiger partial charge in [-0.25, -0.2) is 13.2 Å². The molecule has 2 heterocycles. The summed E-state index contributed by atoms with van der Waals surface area (Å²) in [5.41, 5.74) is 1.83. The molecule has 0 unspecified atom stereocenters. The van der Waals surface area contributed by atoms with E-state index in [1.54, 1.807) is 13.3 Å². The normalized spacial score (nSPS) is 16.4. The number of nitrogens with zero attached hydrogens (tertiary/aromatic N) is 2. The largest absolute Gasteiger partial charge is 0.497 e. The number of benzene rings is 2. The number of carboxylic acid groups (broad SMARTS) is 1. The Morgan fingerprint density at radius 2 is 1.85 bits per heavy atom. The van der Waals surface area contributed by atoms with Crippen LogP contribution in [0.5, 0.6) is 5.75 Å². The molecule has 2 N–H and O–H groups in total. The van der Waals surface area contributed by atoms with E-state index in [0.717, 1.165) is 22.0 Å². The van der Waals surface area contributed by atoms with Gasteiger partial charge in [0, 0.05) is 29.3 Å². The van der Waals surface area contributed by atoms with Crippen LogP contribution in [-0.2, 0) is 11.2 Å². The van der Waals surface area contributed by atoms with Gasteiger partial charge < -0.3 is 19.8 Å². The summed E-state index contributed by atoms with van der Waals surface area (Å²) in [6, 6.07) is 6.93. The van der Waals surface area contributed by atoms with Crippen LogP contribution in [0.2, 0.25) is 0 Å². The zero-order chi connectivity index (χ0) is 28.2. The average molecular weight is 545 g/mol. The van der Waals surface area contributed by atoms with E-state index in [0.29, 0.717) is 69.6 Å². The van der Waals surface area contributed by atoms with Crippen molar-refractivity contribution in [3.05, 3.63) is 70.7 Å². The summed E-state index contributed by atoms with van der Waals surface area (Å²) in [5, 5.41) is 21.8. The van der Waals surface area contributed by atoms with Gasteiger partial charge in [-0.3, -0.25) is 9.78 Å². The molecular formula is C30H35F3N2O4. The Hall–Kier alpha value is -3.17. The lowest BCUT2D eigenvalue weighted by Gasteiger charge is -2.41. The molecular weight excluding hydrogens is 509 g/mol. The molecule has 0 aliphatic carbocycles. The fourth-order valence-corrected chi connectivity index (χ4v) is 5.83. The molecule has 1 saturated heterocycles. The van der Waals surface area contributed by atoms with Crippen molar-refractivity contribution in [2.24, 2.45) is 5.41 Å². The van der Waals surface area contributed by atoms with E-state index in [9.17, 15) is 28.2 Å². The van der Waals surface area contributed by atoms with Gasteiger partial charge in [-0.2, -0.15) is 0 Å². The monoisotopic (exact) mass is 544 g/mol. The summed E-state index contributed by atoms with van der Waals surface area (Å²) >= 11 is 0. The molecule has 1 aromatic heterocycles. The molecule has 39 heavy (non-hydrogen) atoms. The fourth-order valence-electron chi connectivity index (χ4n) is 5.83. The van der Waals surface area contributed by atoms with Gasteiger partial charge >= 0.3 is 5.97 Å². The van der Waals surface area contributed by atoms with E-state index < -0.39 is 34.9 Å². The van der Waals surface area contributed by atoms with Crippen molar-refractivity contribution in [3.63, 3.8) is 0 Å². The second kappa shape index (κ2) is 12.3. The standard InChI is InChI=1S/C30H35F3N2O4/c1-19-18-34-26-6-5-21(39-2)16-23(26)29(19)27(36)7-8-30(17-28(37)38)9-12-35(13-10-30)11-3-4-22-24(32)14-20(31)15-25(22)33/h5-6,14-16,18,27,36H,3-4,7-13,17H2,1-2H3,(H,37,38)/t27-/m1/s1. The molecule has 0 bridgehead atoms. The van der Waals surface area contributed by atoms with Crippen LogP contribution in [0.1, 0.15) is 61.3 Å². The summed E-state index contributed by atoms with van der Waals surface area (Å²) in [4.78, 5) is 18.4. The van der Waals surface area contributed by atoms with Crippen molar-refractivity contribution in [2.75, 3.05) is 26.7 Å². The minimum absolute atomic E-state index is 0.0173. The van der Waals surface area contributed by atoms with Crippen LogP contribution in [0, 0.1) is 29.8 Å². The lowest BCUT2D eigenvalue weighted by atomic mass is 9.71. The number of pyridine rings is 1. The number of ether oxygens (including phenoxy) is 1. The van der Waals surface area contributed by atoms with Gasteiger partial charge in [-0.1, -0.05) is 0 Å². The van der Waals surface area contributed by atoms with Gasteiger partial charge in [-0.05, 0) is 99.8 Å². The van der Waals surface area contributed by atoms with E-state index in [2.05, 4.69) is 9.88 Å². The first-order chi connectivity index (χ1) is 18.6. The maximum Gasteiger partial charge on any atom is 0.303 e. The number of aliphatic hydroxyl groups is 1. The summed E-state index contributed by atoms with van der Waals surface area (Å²) < 4.78 is 46.4. The highest BCUT2D eigenvalue weighted by molar-refractivity contribution is 5.84. The van der Waals surface area contributed by atoms with Crippen molar-refractivity contribution in [1.82, 2.24) is 9.88 Å². The van der Waals surface area contributed by atoms with Crippen molar-refractivity contribution >= 4 is 16.9 Å². The van der Waals surface area contributed by atoms with E-state index in [-0.39, 0.29) is 18.4 Å². The zero-order valence-corrected chi connectivity index (χ0v) is 22.4. The number of aryl methyl sites for hydroxylation is 1. The number of aliphatic hydroxyl groups excluding tert-OH is 1. The number of likely N-dealkylation sites (tertiary alicyclic amines) is 1. The Bertz CT molecular complexity index is 1300. The van der Waals surface area contributed by atoms with Gasteiger partial charge in [0.1, 0.15) is 23.2 Å². The number of aromatic nitrogens is 1. The van der Waals surface area contributed by atoms with Crippen molar-refractivity contribution in [2.45, 2.75) is 58.0 Å². The molecule has 0 radical (unpaired) electrons. The molecule has 1 atom stereocenters. The van der Waals surface area contributed by atoms with Crippen LogP contribution in [0.3, 0.4) is 0 Å². The first kappa shape index (κ1) is 28.8. The zero-order valence-electron chi connectivity index (χ0n) is 22.4. The summed E-state index contributed by atoms with van der Waals surface area (Å²) in [6.45, 7) is 3.82. The highest BCUT2D eigenvalue weighted by Crippen LogP contribution is 2.42. The predicted octanol–water partition coefficient (Wildman–Crippen LogP) is 5.97. The number of piperidine rings is 1. The van der Waals surface area contributed by atoms with E-state index >= 15 is 0 Å². The van der Waals surface area contributed by atoms with Crippen LogP contribution in [0.25, 0.3) is 10.9 Å².